The minimum absolute atomic E-state index is 0.354. The van der Waals surface area contributed by atoms with Crippen LogP contribution in [0.3, 0.4) is 0 Å². The molecule has 1 aromatic rings. The lowest BCUT2D eigenvalue weighted by atomic mass is 10.1. The maximum absolute atomic E-state index is 13.5. The number of aliphatic hydroxyl groups is 1. The minimum Gasteiger partial charge on any atom is -0.387 e. The van der Waals surface area contributed by atoms with E-state index in [-0.39, 0.29) is 5.82 Å². The molecule has 0 heterocycles. The van der Waals surface area contributed by atoms with E-state index in [0.29, 0.717) is 12.1 Å². The lowest BCUT2D eigenvalue weighted by molar-refractivity contribution is 0.118. The quantitative estimate of drug-likeness (QED) is 0.769. The third-order valence-corrected chi connectivity index (χ3v) is 2.64. The molecule has 1 atom stereocenters. The van der Waals surface area contributed by atoms with Crippen molar-refractivity contribution in [3.8, 4) is 0 Å². The Bertz CT molecular complexity index is 378. The minimum atomic E-state index is -0.796. The summed E-state index contributed by atoms with van der Waals surface area (Å²) < 4.78 is 13.5. The van der Waals surface area contributed by atoms with E-state index in [4.69, 9.17) is 0 Å². The Morgan fingerprint density at radius 1 is 1.47 bits per heavy atom. The normalized spacial score (nSPS) is 12.8. The van der Waals surface area contributed by atoms with Crippen LogP contribution in [0.25, 0.3) is 0 Å². The molecular formula is C14H20FNO. The number of halogens is 1. The van der Waals surface area contributed by atoms with E-state index in [1.54, 1.807) is 18.2 Å². The Hall–Kier alpha value is -1.19. The monoisotopic (exact) mass is 237 g/mol. The molecule has 17 heavy (non-hydrogen) atoms. The first-order chi connectivity index (χ1) is 8.04. The first kappa shape index (κ1) is 13.9. The maximum atomic E-state index is 13.5. The molecule has 0 radical (unpaired) electrons. The number of likely N-dealkylation sites (N-methyl/N-ethyl adjacent to an activating group) is 1. The first-order valence-corrected chi connectivity index (χ1v) is 5.83. The molecule has 0 saturated carbocycles. The van der Waals surface area contributed by atoms with Crippen molar-refractivity contribution in [3.63, 3.8) is 0 Å². The average Bonchev–Trinajstić information content (AvgIpc) is 2.27. The number of aliphatic hydroxyl groups excluding tert-OH is 1. The molecule has 0 amide bonds. The van der Waals surface area contributed by atoms with Gasteiger partial charge in [0.15, 0.2) is 0 Å². The van der Waals surface area contributed by atoms with Crippen molar-refractivity contribution >= 4 is 0 Å². The zero-order chi connectivity index (χ0) is 12.8. The van der Waals surface area contributed by atoms with Crippen LogP contribution in [0, 0.1) is 5.82 Å². The summed E-state index contributed by atoms with van der Waals surface area (Å²) in [4.78, 5) is 2.04. The fourth-order valence-electron chi connectivity index (χ4n) is 1.78. The van der Waals surface area contributed by atoms with Crippen LogP contribution in [0.4, 0.5) is 4.39 Å². The van der Waals surface area contributed by atoms with E-state index in [1.165, 1.54) is 6.07 Å². The summed E-state index contributed by atoms with van der Waals surface area (Å²) in [5, 5.41) is 10.0. The molecule has 0 bridgehead atoms. The van der Waals surface area contributed by atoms with Gasteiger partial charge in [0.05, 0.1) is 6.10 Å². The van der Waals surface area contributed by atoms with Crippen molar-refractivity contribution in [2.75, 3.05) is 19.6 Å². The van der Waals surface area contributed by atoms with Gasteiger partial charge >= 0.3 is 0 Å². The topological polar surface area (TPSA) is 23.5 Å². The summed E-state index contributed by atoms with van der Waals surface area (Å²) >= 11 is 0. The van der Waals surface area contributed by atoms with Crippen LogP contribution in [-0.4, -0.2) is 29.6 Å². The van der Waals surface area contributed by atoms with Gasteiger partial charge in [-0.25, -0.2) is 4.39 Å². The van der Waals surface area contributed by atoms with E-state index < -0.39 is 6.10 Å². The zero-order valence-corrected chi connectivity index (χ0v) is 10.5. The van der Waals surface area contributed by atoms with Gasteiger partial charge < -0.3 is 5.11 Å². The highest BCUT2D eigenvalue weighted by molar-refractivity contribution is 5.20. The van der Waals surface area contributed by atoms with Crippen LogP contribution in [0.15, 0.2) is 36.4 Å². The summed E-state index contributed by atoms with van der Waals surface area (Å²) in [6.07, 6.45) is -0.796. The SMILES string of the molecule is C=C(C)CN(CC)CC(O)c1ccccc1F. The van der Waals surface area contributed by atoms with Crippen molar-refractivity contribution in [2.45, 2.75) is 20.0 Å². The summed E-state index contributed by atoms with van der Waals surface area (Å²) in [7, 11) is 0. The lowest BCUT2D eigenvalue weighted by Gasteiger charge is -2.24. The molecule has 0 aliphatic carbocycles. The number of nitrogens with zero attached hydrogens (tertiary/aromatic N) is 1. The highest BCUT2D eigenvalue weighted by Crippen LogP contribution is 2.17. The molecule has 0 fully saturated rings. The van der Waals surface area contributed by atoms with Gasteiger partial charge in [-0.1, -0.05) is 37.3 Å². The number of hydrogen-bond acceptors (Lipinski definition) is 2. The molecule has 0 saturated heterocycles. The average molecular weight is 237 g/mol. The van der Waals surface area contributed by atoms with Crippen LogP contribution in [0.5, 0.6) is 0 Å². The van der Waals surface area contributed by atoms with Crippen molar-refractivity contribution < 1.29 is 9.50 Å². The summed E-state index contributed by atoms with van der Waals surface area (Å²) in [6.45, 7) is 9.75. The number of rotatable bonds is 6. The van der Waals surface area contributed by atoms with Crippen molar-refractivity contribution in [3.05, 3.63) is 47.8 Å². The molecule has 0 spiro atoms. The van der Waals surface area contributed by atoms with Crippen LogP contribution in [0.1, 0.15) is 25.5 Å². The van der Waals surface area contributed by atoms with Gasteiger partial charge in [0.1, 0.15) is 5.82 Å². The molecule has 2 nitrogen and oxygen atoms in total. The van der Waals surface area contributed by atoms with E-state index >= 15 is 0 Å². The molecule has 1 unspecified atom stereocenters. The Kier molecular flexibility index (Phi) is 5.32. The third kappa shape index (κ3) is 4.29. The fourth-order valence-corrected chi connectivity index (χ4v) is 1.78. The van der Waals surface area contributed by atoms with Gasteiger partial charge in [0.25, 0.3) is 0 Å². The molecule has 0 aliphatic heterocycles. The zero-order valence-electron chi connectivity index (χ0n) is 10.5. The van der Waals surface area contributed by atoms with Gasteiger partial charge in [-0.3, -0.25) is 4.90 Å². The van der Waals surface area contributed by atoms with Crippen LogP contribution in [-0.2, 0) is 0 Å². The van der Waals surface area contributed by atoms with Crippen molar-refractivity contribution in [2.24, 2.45) is 0 Å². The highest BCUT2D eigenvalue weighted by Gasteiger charge is 2.15. The smallest absolute Gasteiger partial charge is 0.129 e. The molecular weight excluding hydrogens is 217 g/mol. The highest BCUT2D eigenvalue weighted by atomic mass is 19.1. The molecule has 1 rings (SSSR count). The predicted molar refractivity (Wildman–Crippen MR) is 68.3 cm³/mol. The van der Waals surface area contributed by atoms with E-state index in [1.807, 2.05) is 18.7 Å². The molecule has 3 heteroatoms. The van der Waals surface area contributed by atoms with E-state index in [9.17, 15) is 9.50 Å². The number of hydrogen-bond donors (Lipinski definition) is 1. The standard InChI is InChI=1S/C14H20FNO/c1-4-16(9-11(2)3)10-14(17)12-7-5-6-8-13(12)15/h5-8,14,17H,2,4,9-10H2,1,3H3. The van der Waals surface area contributed by atoms with E-state index in [2.05, 4.69) is 6.58 Å². The summed E-state index contributed by atoms with van der Waals surface area (Å²) in [6, 6.07) is 6.34. The van der Waals surface area contributed by atoms with Gasteiger partial charge in [-0.05, 0) is 19.5 Å². The van der Waals surface area contributed by atoms with Crippen LogP contribution >= 0.6 is 0 Å². The second-order valence-electron chi connectivity index (χ2n) is 4.32. The molecule has 1 N–H and O–H groups in total. The molecule has 1 aromatic carbocycles. The van der Waals surface area contributed by atoms with Gasteiger partial charge in [-0.15, -0.1) is 0 Å². The Labute approximate surface area is 102 Å². The molecule has 0 aliphatic rings. The Morgan fingerprint density at radius 3 is 2.65 bits per heavy atom. The molecule has 0 aromatic heterocycles. The lowest BCUT2D eigenvalue weighted by Crippen LogP contribution is -2.30. The predicted octanol–water partition coefficient (Wildman–Crippen LogP) is 2.76. The van der Waals surface area contributed by atoms with Gasteiger partial charge in [0.2, 0.25) is 0 Å². The summed E-state index contributed by atoms with van der Waals surface area (Å²) in [5.41, 5.74) is 1.39. The summed E-state index contributed by atoms with van der Waals surface area (Å²) in [5.74, 6) is -0.355. The second-order valence-corrected chi connectivity index (χ2v) is 4.32. The second kappa shape index (κ2) is 6.52. The fraction of sp³-hybridized carbons (Fsp3) is 0.429. The maximum Gasteiger partial charge on any atom is 0.129 e. The Morgan fingerprint density at radius 2 is 2.12 bits per heavy atom. The number of benzene rings is 1. The van der Waals surface area contributed by atoms with Crippen molar-refractivity contribution in [1.29, 1.82) is 0 Å². The van der Waals surface area contributed by atoms with E-state index in [0.717, 1.165) is 18.7 Å². The Balaban J connectivity index is 2.67. The van der Waals surface area contributed by atoms with Gasteiger partial charge in [-0.2, -0.15) is 0 Å². The van der Waals surface area contributed by atoms with Crippen molar-refractivity contribution in [1.82, 2.24) is 4.90 Å². The van der Waals surface area contributed by atoms with Crippen LogP contribution in [0.2, 0.25) is 0 Å². The first-order valence-electron chi connectivity index (χ1n) is 5.83. The largest absolute Gasteiger partial charge is 0.387 e. The third-order valence-electron chi connectivity index (χ3n) is 2.64. The van der Waals surface area contributed by atoms with Crippen LogP contribution < -0.4 is 0 Å². The van der Waals surface area contributed by atoms with Gasteiger partial charge in [0, 0.05) is 18.7 Å². The molecule has 94 valence electrons.